The van der Waals surface area contributed by atoms with Gasteiger partial charge in [-0.3, -0.25) is 9.59 Å². The van der Waals surface area contributed by atoms with Gasteiger partial charge in [0.05, 0.1) is 5.57 Å². The van der Waals surface area contributed by atoms with Crippen LogP contribution in [0.3, 0.4) is 0 Å². The highest BCUT2D eigenvalue weighted by atomic mass is 16.3. The molecule has 4 nitrogen and oxygen atoms in total. The fourth-order valence-corrected chi connectivity index (χ4v) is 2.25. The molecule has 1 rings (SSSR count). The van der Waals surface area contributed by atoms with Gasteiger partial charge in [0.15, 0.2) is 11.5 Å². The third-order valence-electron chi connectivity index (χ3n) is 3.54. The molecule has 19 heavy (non-hydrogen) atoms. The molecule has 1 aliphatic rings. The minimum absolute atomic E-state index is 0.0526. The molecule has 0 spiro atoms. The van der Waals surface area contributed by atoms with E-state index in [2.05, 4.69) is 13.8 Å². The summed E-state index contributed by atoms with van der Waals surface area (Å²) in [7, 11) is 0. The maximum atomic E-state index is 12.0. The van der Waals surface area contributed by atoms with Crippen molar-refractivity contribution in [1.29, 1.82) is 0 Å². The van der Waals surface area contributed by atoms with Crippen LogP contribution in [-0.4, -0.2) is 21.8 Å². The first-order valence-electron chi connectivity index (χ1n) is 6.69. The molecule has 0 unspecified atom stereocenters. The molecule has 0 radical (unpaired) electrons. The first-order chi connectivity index (χ1) is 8.77. The van der Waals surface area contributed by atoms with Crippen molar-refractivity contribution in [2.45, 2.75) is 47.0 Å². The van der Waals surface area contributed by atoms with Crippen LogP contribution in [0.5, 0.6) is 0 Å². The number of aliphatic hydroxyl groups is 2. The van der Waals surface area contributed by atoms with Gasteiger partial charge in [-0.25, -0.2) is 0 Å². The number of hydrogen-bond donors (Lipinski definition) is 2. The average Bonchev–Trinajstić information content (AvgIpc) is 2.34. The molecule has 2 N–H and O–H groups in total. The van der Waals surface area contributed by atoms with Crippen LogP contribution in [0.25, 0.3) is 0 Å². The van der Waals surface area contributed by atoms with E-state index in [1.807, 2.05) is 0 Å². The van der Waals surface area contributed by atoms with Crippen LogP contribution in [0.15, 0.2) is 22.7 Å². The van der Waals surface area contributed by atoms with Crippen molar-refractivity contribution in [1.82, 2.24) is 0 Å². The highest BCUT2D eigenvalue weighted by molar-refractivity contribution is 6.23. The Kier molecular flexibility index (Phi) is 4.92. The zero-order chi connectivity index (χ0) is 14.7. The fourth-order valence-electron chi connectivity index (χ4n) is 2.25. The van der Waals surface area contributed by atoms with E-state index in [0.717, 1.165) is 12.8 Å². The summed E-state index contributed by atoms with van der Waals surface area (Å²) in [5.74, 6) is -1.96. The summed E-state index contributed by atoms with van der Waals surface area (Å²) in [6.07, 6.45) is 2.66. The molecular weight excluding hydrogens is 244 g/mol. The third-order valence-corrected chi connectivity index (χ3v) is 3.54. The van der Waals surface area contributed by atoms with Crippen LogP contribution >= 0.6 is 0 Å². The molecule has 0 aliphatic heterocycles. The summed E-state index contributed by atoms with van der Waals surface area (Å²) in [4.78, 5) is 23.7. The van der Waals surface area contributed by atoms with Crippen molar-refractivity contribution in [2.75, 3.05) is 0 Å². The van der Waals surface area contributed by atoms with Crippen molar-refractivity contribution in [3.05, 3.63) is 22.7 Å². The number of aliphatic hydroxyl groups excluding tert-OH is 2. The summed E-state index contributed by atoms with van der Waals surface area (Å²) in [6.45, 7) is 7.38. The van der Waals surface area contributed by atoms with Crippen LogP contribution in [0.2, 0.25) is 0 Å². The van der Waals surface area contributed by atoms with Crippen molar-refractivity contribution < 1.29 is 19.8 Å². The lowest BCUT2D eigenvalue weighted by atomic mass is 9.84. The maximum absolute atomic E-state index is 12.0. The number of Topliss-reactive ketones (excluding diaryl/α,β-unsaturated/α-hetero) is 2. The van der Waals surface area contributed by atoms with Crippen molar-refractivity contribution in [2.24, 2.45) is 11.8 Å². The van der Waals surface area contributed by atoms with E-state index in [4.69, 9.17) is 0 Å². The molecule has 0 fully saturated rings. The molecule has 0 saturated carbocycles. The molecule has 106 valence electrons. The van der Waals surface area contributed by atoms with Gasteiger partial charge < -0.3 is 10.2 Å². The van der Waals surface area contributed by atoms with Crippen LogP contribution in [0.1, 0.15) is 47.0 Å². The van der Waals surface area contributed by atoms with Gasteiger partial charge in [0.2, 0.25) is 11.6 Å². The van der Waals surface area contributed by atoms with E-state index in [-0.39, 0.29) is 17.1 Å². The minimum atomic E-state index is -0.650. The van der Waals surface area contributed by atoms with Gasteiger partial charge in [0, 0.05) is 5.57 Å². The Bertz CT molecular complexity index is 455. The monoisotopic (exact) mass is 266 g/mol. The average molecular weight is 266 g/mol. The molecule has 0 bridgehead atoms. The highest BCUT2D eigenvalue weighted by Crippen LogP contribution is 2.29. The van der Waals surface area contributed by atoms with Crippen LogP contribution in [0.4, 0.5) is 0 Å². The lowest BCUT2D eigenvalue weighted by Gasteiger charge is -2.20. The SMILES string of the molecule is CC1=C(O)C(=O)C([C@@H](C)CCCC(C)C)=C(O)C1=O. The van der Waals surface area contributed by atoms with Gasteiger partial charge in [-0.2, -0.15) is 0 Å². The molecule has 0 amide bonds. The Morgan fingerprint density at radius 2 is 1.53 bits per heavy atom. The lowest BCUT2D eigenvalue weighted by Crippen LogP contribution is -2.26. The minimum Gasteiger partial charge on any atom is -0.504 e. The van der Waals surface area contributed by atoms with E-state index in [9.17, 15) is 19.8 Å². The van der Waals surface area contributed by atoms with E-state index in [1.165, 1.54) is 6.92 Å². The zero-order valence-electron chi connectivity index (χ0n) is 12.0. The number of allylic oxidation sites excluding steroid dienone is 2. The van der Waals surface area contributed by atoms with Gasteiger partial charge in [-0.1, -0.05) is 33.6 Å². The first kappa shape index (κ1) is 15.5. The Morgan fingerprint density at radius 1 is 0.947 bits per heavy atom. The van der Waals surface area contributed by atoms with Crippen molar-refractivity contribution in [3.8, 4) is 0 Å². The Balaban J connectivity index is 2.87. The zero-order valence-corrected chi connectivity index (χ0v) is 12.0. The highest BCUT2D eigenvalue weighted by Gasteiger charge is 2.34. The number of carbonyl (C=O) groups is 2. The van der Waals surface area contributed by atoms with Gasteiger partial charge in [-0.15, -0.1) is 0 Å². The van der Waals surface area contributed by atoms with E-state index in [0.29, 0.717) is 12.3 Å². The van der Waals surface area contributed by atoms with Crippen molar-refractivity contribution in [3.63, 3.8) is 0 Å². The summed E-state index contributed by atoms with van der Waals surface area (Å²) >= 11 is 0. The van der Waals surface area contributed by atoms with Crippen LogP contribution < -0.4 is 0 Å². The van der Waals surface area contributed by atoms with Gasteiger partial charge in [-0.05, 0) is 25.2 Å². The molecule has 0 heterocycles. The summed E-state index contributed by atoms with van der Waals surface area (Å²) in [5, 5.41) is 19.5. The van der Waals surface area contributed by atoms with E-state index in [1.54, 1.807) is 6.92 Å². The lowest BCUT2D eigenvalue weighted by molar-refractivity contribution is -0.120. The molecule has 1 aliphatic carbocycles. The summed E-state index contributed by atoms with van der Waals surface area (Å²) in [6, 6.07) is 0. The summed E-state index contributed by atoms with van der Waals surface area (Å²) in [5.41, 5.74) is -0.0301. The van der Waals surface area contributed by atoms with Crippen LogP contribution in [-0.2, 0) is 9.59 Å². The second-order valence-electron chi connectivity index (χ2n) is 5.62. The number of ketones is 2. The van der Waals surface area contributed by atoms with Gasteiger partial charge in [0.1, 0.15) is 0 Å². The molecule has 0 aromatic carbocycles. The van der Waals surface area contributed by atoms with E-state index < -0.39 is 23.1 Å². The Labute approximate surface area is 113 Å². The second kappa shape index (κ2) is 6.04. The number of rotatable bonds is 5. The molecular formula is C15H22O4. The predicted octanol–water partition coefficient (Wildman–Crippen LogP) is 3.24. The smallest absolute Gasteiger partial charge is 0.227 e. The molecule has 0 saturated heterocycles. The van der Waals surface area contributed by atoms with E-state index >= 15 is 0 Å². The standard InChI is InChI=1S/C15H22O4/c1-8(2)6-5-7-9(3)11-14(18)12(16)10(4)13(17)15(11)19/h8-9,16,19H,5-7H2,1-4H3/t9-/m0/s1. The Hall–Kier alpha value is -1.58. The fraction of sp³-hybridized carbons (Fsp3) is 0.600. The maximum Gasteiger partial charge on any atom is 0.227 e. The largest absolute Gasteiger partial charge is 0.504 e. The Morgan fingerprint density at radius 3 is 2.05 bits per heavy atom. The van der Waals surface area contributed by atoms with Crippen molar-refractivity contribution >= 4 is 11.6 Å². The number of hydrogen-bond acceptors (Lipinski definition) is 4. The molecule has 0 aromatic rings. The molecule has 1 atom stereocenters. The third kappa shape index (κ3) is 3.25. The quantitative estimate of drug-likeness (QED) is 0.749. The molecule has 4 heteroatoms. The predicted molar refractivity (Wildman–Crippen MR) is 72.9 cm³/mol. The van der Waals surface area contributed by atoms with Gasteiger partial charge in [0.25, 0.3) is 0 Å². The summed E-state index contributed by atoms with van der Waals surface area (Å²) < 4.78 is 0. The normalized spacial score (nSPS) is 18.6. The topological polar surface area (TPSA) is 74.6 Å². The second-order valence-corrected chi connectivity index (χ2v) is 5.62. The van der Waals surface area contributed by atoms with Crippen LogP contribution in [0, 0.1) is 11.8 Å². The number of carbonyl (C=O) groups excluding carboxylic acids is 2. The first-order valence-corrected chi connectivity index (χ1v) is 6.69. The molecule has 0 aromatic heterocycles. The van der Waals surface area contributed by atoms with Gasteiger partial charge >= 0.3 is 0 Å².